The Morgan fingerprint density at radius 3 is 2.33 bits per heavy atom. The SMILES string of the molecule is CN=C(C)Cc1ccc(C)cc1. The van der Waals surface area contributed by atoms with Gasteiger partial charge in [0.25, 0.3) is 0 Å². The molecule has 0 unspecified atom stereocenters. The van der Waals surface area contributed by atoms with Gasteiger partial charge in [-0.25, -0.2) is 0 Å². The van der Waals surface area contributed by atoms with E-state index in [1.165, 1.54) is 16.8 Å². The second kappa shape index (κ2) is 4.05. The molecule has 0 aliphatic heterocycles. The molecular formula is C11H15N. The van der Waals surface area contributed by atoms with Crippen molar-refractivity contribution in [2.75, 3.05) is 7.05 Å². The summed E-state index contributed by atoms with van der Waals surface area (Å²) in [6, 6.07) is 8.59. The lowest BCUT2D eigenvalue weighted by Crippen LogP contribution is -1.96. The number of nitrogens with zero attached hydrogens (tertiary/aromatic N) is 1. The van der Waals surface area contributed by atoms with Crippen molar-refractivity contribution in [3.05, 3.63) is 35.4 Å². The average Bonchev–Trinajstić information content (AvgIpc) is 2.09. The fourth-order valence-electron chi connectivity index (χ4n) is 1.08. The highest BCUT2D eigenvalue weighted by Crippen LogP contribution is 2.04. The van der Waals surface area contributed by atoms with Crippen LogP contribution in [0.4, 0.5) is 0 Å². The second-order valence-corrected chi connectivity index (χ2v) is 3.12. The fraction of sp³-hybridized carbons (Fsp3) is 0.364. The van der Waals surface area contributed by atoms with Crippen LogP contribution in [0.25, 0.3) is 0 Å². The minimum atomic E-state index is 0.969. The zero-order valence-corrected chi connectivity index (χ0v) is 7.96. The molecule has 0 spiro atoms. The van der Waals surface area contributed by atoms with Gasteiger partial charge < -0.3 is 0 Å². The van der Waals surface area contributed by atoms with Crippen LogP contribution in [-0.4, -0.2) is 12.8 Å². The Morgan fingerprint density at radius 2 is 1.83 bits per heavy atom. The van der Waals surface area contributed by atoms with Gasteiger partial charge in [0.15, 0.2) is 0 Å². The highest BCUT2D eigenvalue weighted by atomic mass is 14.7. The first-order valence-corrected chi connectivity index (χ1v) is 4.20. The van der Waals surface area contributed by atoms with Crippen LogP contribution >= 0.6 is 0 Å². The summed E-state index contributed by atoms with van der Waals surface area (Å²) >= 11 is 0. The summed E-state index contributed by atoms with van der Waals surface area (Å²) in [5.74, 6) is 0. The molecular weight excluding hydrogens is 146 g/mol. The minimum Gasteiger partial charge on any atom is -0.297 e. The molecule has 0 saturated heterocycles. The Hall–Kier alpha value is -1.11. The number of hydrogen-bond acceptors (Lipinski definition) is 1. The molecule has 1 aromatic carbocycles. The Balaban J connectivity index is 2.71. The van der Waals surface area contributed by atoms with Crippen molar-refractivity contribution in [1.29, 1.82) is 0 Å². The van der Waals surface area contributed by atoms with Gasteiger partial charge >= 0.3 is 0 Å². The van der Waals surface area contributed by atoms with E-state index in [1.807, 2.05) is 7.05 Å². The van der Waals surface area contributed by atoms with Crippen LogP contribution in [0, 0.1) is 6.92 Å². The van der Waals surface area contributed by atoms with Crippen molar-refractivity contribution < 1.29 is 0 Å². The maximum absolute atomic E-state index is 4.12. The van der Waals surface area contributed by atoms with Crippen molar-refractivity contribution in [3.8, 4) is 0 Å². The third-order valence-electron chi connectivity index (χ3n) is 1.96. The van der Waals surface area contributed by atoms with Crippen LogP contribution in [0.5, 0.6) is 0 Å². The van der Waals surface area contributed by atoms with Gasteiger partial charge in [0.2, 0.25) is 0 Å². The molecule has 0 heterocycles. The molecule has 0 aliphatic carbocycles. The fourth-order valence-corrected chi connectivity index (χ4v) is 1.08. The molecule has 12 heavy (non-hydrogen) atoms. The molecule has 0 amide bonds. The number of aliphatic imine (C=N–C) groups is 1. The first-order valence-electron chi connectivity index (χ1n) is 4.20. The zero-order chi connectivity index (χ0) is 8.97. The normalized spacial score (nSPS) is 11.8. The van der Waals surface area contributed by atoms with E-state index < -0.39 is 0 Å². The Labute approximate surface area is 74.2 Å². The van der Waals surface area contributed by atoms with Crippen LogP contribution in [0.3, 0.4) is 0 Å². The van der Waals surface area contributed by atoms with Crippen LogP contribution in [-0.2, 0) is 6.42 Å². The van der Waals surface area contributed by atoms with Crippen LogP contribution < -0.4 is 0 Å². The molecule has 1 rings (SSSR count). The van der Waals surface area contributed by atoms with Crippen LogP contribution in [0.15, 0.2) is 29.3 Å². The van der Waals surface area contributed by atoms with E-state index in [-0.39, 0.29) is 0 Å². The Morgan fingerprint density at radius 1 is 1.25 bits per heavy atom. The van der Waals surface area contributed by atoms with Crippen molar-refractivity contribution in [2.45, 2.75) is 20.3 Å². The van der Waals surface area contributed by atoms with Crippen molar-refractivity contribution in [1.82, 2.24) is 0 Å². The number of hydrogen-bond donors (Lipinski definition) is 0. The van der Waals surface area contributed by atoms with E-state index in [4.69, 9.17) is 0 Å². The first kappa shape index (κ1) is 8.98. The van der Waals surface area contributed by atoms with Gasteiger partial charge in [-0.1, -0.05) is 29.8 Å². The molecule has 0 atom stereocenters. The molecule has 0 radical (unpaired) electrons. The van der Waals surface area contributed by atoms with Crippen molar-refractivity contribution >= 4 is 5.71 Å². The molecule has 1 heteroatoms. The molecule has 1 nitrogen and oxygen atoms in total. The predicted molar refractivity (Wildman–Crippen MR) is 53.9 cm³/mol. The quantitative estimate of drug-likeness (QED) is 0.591. The van der Waals surface area contributed by atoms with Gasteiger partial charge in [0.1, 0.15) is 0 Å². The lowest BCUT2D eigenvalue weighted by atomic mass is 10.1. The third-order valence-corrected chi connectivity index (χ3v) is 1.96. The smallest absolute Gasteiger partial charge is 0.0276 e. The number of benzene rings is 1. The van der Waals surface area contributed by atoms with E-state index in [0.29, 0.717) is 0 Å². The third kappa shape index (κ3) is 2.50. The molecule has 0 bridgehead atoms. The number of rotatable bonds is 2. The van der Waals surface area contributed by atoms with Crippen LogP contribution in [0.2, 0.25) is 0 Å². The van der Waals surface area contributed by atoms with E-state index in [1.54, 1.807) is 0 Å². The standard InChI is InChI=1S/C11H15N/c1-9-4-6-11(7-5-9)8-10(2)12-3/h4-7H,8H2,1-3H3. The van der Waals surface area contributed by atoms with Gasteiger partial charge in [-0.2, -0.15) is 0 Å². The first-order chi connectivity index (χ1) is 5.72. The highest BCUT2D eigenvalue weighted by molar-refractivity contribution is 5.83. The second-order valence-electron chi connectivity index (χ2n) is 3.12. The van der Waals surface area contributed by atoms with E-state index in [0.717, 1.165) is 6.42 Å². The molecule has 0 fully saturated rings. The van der Waals surface area contributed by atoms with Gasteiger partial charge in [-0.15, -0.1) is 0 Å². The van der Waals surface area contributed by atoms with E-state index in [9.17, 15) is 0 Å². The summed E-state index contributed by atoms with van der Waals surface area (Å²) in [6.07, 6.45) is 0.969. The summed E-state index contributed by atoms with van der Waals surface area (Å²) < 4.78 is 0. The summed E-state index contributed by atoms with van der Waals surface area (Å²) in [4.78, 5) is 4.12. The van der Waals surface area contributed by atoms with E-state index >= 15 is 0 Å². The largest absolute Gasteiger partial charge is 0.297 e. The summed E-state index contributed by atoms with van der Waals surface area (Å²) in [6.45, 7) is 4.16. The minimum absolute atomic E-state index is 0.969. The zero-order valence-electron chi connectivity index (χ0n) is 7.96. The predicted octanol–water partition coefficient (Wildman–Crippen LogP) is 2.63. The highest BCUT2D eigenvalue weighted by Gasteiger charge is 1.93. The molecule has 64 valence electrons. The van der Waals surface area contributed by atoms with Gasteiger partial charge in [-0.05, 0) is 19.4 Å². The van der Waals surface area contributed by atoms with E-state index in [2.05, 4.69) is 43.1 Å². The maximum Gasteiger partial charge on any atom is 0.0276 e. The van der Waals surface area contributed by atoms with Gasteiger partial charge in [-0.3, -0.25) is 4.99 Å². The monoisotopic (exact) mass is 161 g/mol. The van der Waals surface area contributed by atoms with Gasteiger partial charge in [0.05, 0.1) is 0 Å². The molecule has 0 aliphatic rings. The summed E-state index contributed by atoms with van der Waals surface area (Å²) in [5, 5.41) is 0. The van der Waals surface area contributed by atoms with Gasteiger partial charge in [0, 0.05) is 19.2 Å². The molecule has 1 aromatic rings. The van der Waals surface area contributed by atoms with Crippen LogP contribution in [0.1, 0.15) is 18.1 Å². The number of aryl methyl sites for hydroxylation is 1. The molecule has 0 aromatic heterocycles. The summed E-state index contributed by atoms with van der Waals surface area (Å²) in [7, 11) is 1.84. The maximum atomic E-state index is 4.12. The average molecular weight is 161 g/mol. The van der Waals surface area contributed by atoms with Crippen molar-refractivity contribution in [3.63, 3.8) is 0 Å². The molecule has 0 N–H and O–H groups in total. The van der Waals surface area contributed by atoms with Crippen molar-refractivity contribution in [2.24, 2.45) is 4.99 Å². The Bertz CT molecular complexity index is 270. The summed E-state index contributed by atoms with van der Waals surface area (Å²) in [5.41, 5.74) is 3.83. The topological polar surface area (TPSA) is 12.4 Å². The Kier molecular flexibility index (Phi) is 3.03. The molecule has 0 saturated carbocycles. The lowest BCUT2D eigenvalue weighted by molar-refractivity contribution is 1.26. The lowest BCUT2D eigenvalue weighted by Gasteiger charge is -2.00.